The zero-order chi connectivity index (χ0) is 22.4. The number of hydrogen-bond donors (Lipinski definition) is 3. The normalized spacial score (nSPS) is 11.2. The number of carbonyl (C=O) groups excluding carboxylic acids is 2. The summed E-state index contributed by atoms with van der Waals surface area (Å²) in [6.07, 6.45) is 1.65. The van der Waals surface area contributed by atoms with E-state index in [-0.39, 0.29) is 5.91 Å². The molecule has 32 heavy (non-hydrogen) atoms. The van der Waals surface area contributed by atoms with Crippen molar-refractivity contribution in [2.45, 2.75) is 6.92 Å². The average molecular weight is 464 g/mol. The van der Waals surface area contributed by atoms with E-state index in [1.54, 1.807) is 39.7 Å². The quantitative estimate of drug-likeness (QED) is 0.365. The predicted octanol–water partition coefficient (Wildman–Crippen LogP) is 3.81. The van der Waals surface area contributed by atoms with Gasteiger partial charge in [-0.05, 0) is 30.5 Å². The van der Waals surface area contributed by atoms with Crippen molar-refractivity contribution in [3.63, 3.8) is 0 Å². The van der Waals surface area contributed by atoms with Gasteiger partial charge in [0.05, 0.1) is 32.9 Å². The van der Waals surface area contributed by atoms with Crippen LogP contribution in [0.4, 0.5) is 5.13 Å². The number of fused-ring (bicyclic) bond motifs is 1. The standard InChI is InChI=1S/C21H17N7O2S2/c1-10-17-12(7-13(16-4-3-5-31-16)24-19(17)28(2)27-10)20(30)26-21-25-15(9-32-21)11-6-14(18(22)29)23-8-11/h3-9,23H,1-2H3,(H2,22,29)(H,25,26,30). The summed E-state index contributed by atoms with van der Waals surface area (Å²) in [4.78, 5) is 37.6. The van der Waals surface area contributed by atoms with E-state index in [0.29, 0.717) is 44.4 Å². The zero-order valence-corrected chi connectivity index (χ0v) is 18.7. The number of nitrogens with two attached hydrogens (primary N) is 1. The van der Waals surface area contributed by atoms with E-state index in [1.165, 1.54) is 11.3 Å². The number of H-pyrrole nitrogens is 1. The van der Waals surface area contributed by atoms with Gasteiger partial charge in [0.2, 0.25) is 0 Å². The minimum absolute atomic E-state index is 0.293. The molecule has 0 spiro atoms. The summed E-state index contributed by atoms with van der Waals surface area (Å²) < 4.78 is 1.68. The SMILES string of the molecule is Cc1nn(C)c2nc(-c3cccs3)cc(C(=O)Nc3nc(-c4c[nH]c(C(N)=O)c4)cs3)c12. The van der Waals surface area contributed by atoms with Gasteiger partial charge in [-0.3, -0.25) is 19.6 Å². The summed E-state index contributed by atoms with van der Waals surface area (Å²) in [5.41, 5.74) is 9.50. The van der Waals surface area contributed by atoms with Crippen molar-refractivity contribution in [1.82, 2.24) is 24.7 Å². The van der Waals surface area contributed by atoms with Crippen LogP contribution >= 0.6 is 22.7 Å². The van der Waals surface area contributed by atoms with Gasteiger partial charge in [0.25, 0.3) is 11.8 Å². The van der Waals surface area contributed by atoms with Crippen LogP contribution in [-0.2, 0) is 7.05 Å². The number of thiazole rings is 1. The minimum Gasteiger partial charge on any atom is -0.364 e. The Bertz CT molecular complexity index is 1480. The fourth-order valence-corrected chi connectivity index (χ4v) is 4.89. The maximum absolute atomic E-state index is 13.3. The van der Waals surface area contributed by atoms with Gasteiger partial charge in [0.15, 0.2) is 10.8 Å². The molecule has 0 fully saturated rings. The van der Waals surface area contributed by atoms with Gasteiger partial charge in [-0.15, -0.1) is 22.7 Å². The van der Waals surface area contributed by atoms with Crippen molar-refractivity contribution in [2.24, 2.45) is 12.8 Å². The van der Waals surface area contributed by atoms with Crippen molar-refractivity contribution in [2.75, 3.05) is 5.32 Å². The number of aromatic amines is 1. The molecule has 5 aromatic rings. The highest BCUT2D eigenvalue weighted by atomic mass is 32.1. The Labute approximate surface area is 189 Å². The Morgan fingerprint density at radius 3 is 2.75 bits per heavy atom. The molecule has 2 amide bonds. The van der Waals surface area contributed by atoms with Crippen molar-refractivity contribution in [3.8, 4) is 21.8 Å². The second-order valence-electron chi connectivity index (χ2n) is 7.10. The van der Waals surface area contributed by atoms with Crippen molar-refractivity contribution >= 4 is 50.7 Å². The molecule has 0 saturated carbocycles. The van der Waals surface area contributed by atoms with E-state index in [4.69, 9.17) is 10.7 Å². The third kappa shape index (κ3) is 3.47. The van der Waals surface area contributed by atoms with Crippen LogP contribution in [0.15, 0.2) is 41.2 Å². The lowest BCUT2D eigenvalue weighted by Gasteiger charge is -2.07. The second-order valence-corrected chi connectivity index (χ2v) is 8.90. The highest BCUT2D eigenvalue weighted by Gasteiger charge is 2.21. The Hall–Kier alpha value is -3.83. The molecule has 0 aliphatic rings. The maximum atomic E-state index is 13.3. The second kappa shape index (κ2) is 7.70. The molecule has 0 aromatic carbocycles. The number of nitrogens with one attached hydrogen (secondary N) is 2. The number of anilines is 1. The molecule has 0 aliphatic heterocycles. The van der Waals surface area contributed by atoms with Crippen LogP contribution in [0.3, 0.4) is 0 Å². The van der Waals surface area contributed by atoms with Gasteiger partial charge in [0.1, 0.15) is 5.69 Å². The van der Waals surface area contributed by atoms with Gasteiger partial charge in [-0.1, -0.05) is 6.07 Å². The zero-order valence-electron chi connectivity index (χ0n) is 17.0. The molecule has 9 nitrogen and oxygen atoms in total. The Morgan fingerprint density at radius 2 is 2.03 bits per heavy atom. The number of aromatic nitrogens is 5. The molecule has 0 atom stereocenters. The molecule has 0 bridgehead atoms. The number of rotatable bonds is 5. The van der Waals surface area contributed by atoms with Gasteiger partial charge in [-0.2, -0.15) is 5.10 Å². The molecule has 0 radical (unpaired) electrons. The average Bonchev–Trinajstić information content (AvgIpc) is 3.55. The summed E-state index contributed by atoms with van der Waals surface area (Å²) in [5, 5.41) is 12.3. The monoisotopic (exact) mass is 463 g/mol. The van der Waals surface area contributed by atoms with Crippen molar-refractivity contribution in [1.29, 1.82) is 0 Å². The van der Waals surface area contributed by atoms with E-state index in [9.17, 15) is 9.59 Å². The van der Waals surface area contributed by atoms with Crippen molar-refractivity contribution in [3.05, 3.63) is 58.2 Å². The molecule has 4 N–H and O–H groups in total. The first kappa shape index (κ1) is 20.1. The van der Waals surface area contributed by atoms with Crippen LogP contribution in [0.2, 0.25) is 0 Å². The molecule has 5 aromatic heterocycles. The van der Waals surface area contributed by atoms with E-state index < -0.39 is 5.91 Å². The third-order valence-electron chi connectivity index (χ3n) is 4.96. The summed E-state index contributed by atoms with van der Waals surface area (Å²) >= 11 is 2.85. The summed E-state index contributed by atoms with van der Waals surface area (Å²) in [7, 11) is 1.81. The molecular weight excluding hydrogens is 446 g/mol. The summed E-state index contributed by atoms with van der Waals surface area (Å²) in [6.45, 7) is 1.86. The lowest BCUT2D eigenvalue weighted by atomic mass is 10.1. The number of thiophene rings is 1. The van der Waals surface area contributed by atoms with E-state index in [1.807, 2.05) is 31.5 Å². The number of hydrogen-bond acceptors (Lipinski definition) is 7. The van der Waals surface area contributed by atoms with E-state index in [2.05, 4.69) is 20.4 Å². The Balaban J connectivity index is 1.50. The largest absolute Gasteiger partial charge is 0.364 e. The Kier molecular flexibility index (Phi) is 4.83. The lowest BCUT2D eigenvalue weighted by Crippen LogP contribution is -2.13. The van der Waals surface area contributed by atoms with Gasteiger partial charge in [0, 0.05) is 24.2 Å². The van der Waals surface area contributed by atoms with Gasteiger partial charge in [-0.25, -0.2) is 9.97 Å². The van der Waals surface area contributed by atoms with Gasteiger partial charge < -0.3 is 10.7 Å². The molecule has 0 unspecified atom stereocenters. The summed E-state index contributed by atoms with van der Waals surface area (Å²) in [5.74, 6) is -0.839. The number of carbonyl (C=O) groups is 2. The van der Waals surface area contributed by atoms with Gasteiger partial charge >= 0.3 is 0 Å². The smallest absolute Gasteiger partial charge is 0.265 e. The number of primary amides is 1. The molecule has 160 valence electrons. The van der Waals surface area contributed by atoms with E-state index in [0.717, 1.165) is 10.6 Å². The number of pyridine rings is 1. The highest BCUT2D eigenvalue weighted by molar-refractivity contribution is 7.14. The lowest BCUT2D eigenvalue weighted by molar-refractivity contribution is 0.0994. The van der Waals surface area contributed by atoms with Crippen LogP contribution in [0, 0.1) is 6.92 Å². The first-order chi connectivity index (χ1) is 15.4. The molecule has 5 heterocycles. The van der Waals surface area contributed by atoms with E-state index >= 15 is 0 Å². The molecule has 0 aliphatic carbocycles. The van der Waals surface area contributed by atoms with Crippen LogP contribution in [0.25, 0.3) is 32.9 Å². The predicted molar refractivity (Wildman–Crippen MR) is 125 cm³/mol. The topological polar surface area (TPSA) is 132 Å². The van der Waals surface area contributed by atoms with Crippen molar-refractivity contribution < 1.29 is 9.59 Å². The first-order valence-electron chi connectivity index (χ1n) is 9.54. The molecular formula is C21H17N7O2S2. The molecule has 0 saturated heterocycles. The highest BCUT2D eigenvalue weighted by Crippen LogP contribution is 2.31. The number of amides is 2. The fourth-order valence-electron chi connectivity index (χ4n) is 3.49. The van der Waals surface area contributed by atoms with Crippen LogP contribution in [-0.4, -0.2) is 36.5 Å². The Morgan fingerprint density at radius 1 is 1.19 bits per heavy atom. The number of nitrogens with zero attached hydrogens (tertiary/aromatic N) is 4. The fraction of sp³-hybridized carbons (Fsp3) is 0.0952. The maximum Gasteiger partial charge on any atom is 0.265 e. The molecule has 11 heteroatoms. The minimum atomic E-state index is -0.546. The third-order valence-corrected chi connectivity index (χ3v) is 6.61. The van der Waals surface area contributed by atoms with Crippen LogP contribution in [0.5, 0.6) is 0 Å². The van der Waals surface area contributed by atoms with Crippen LogP contribution in [0.1, 0.15) is 26.5 Å². The van der Waals surface area contributed by atoms with Crippen LogP contribution < -0.4 is 11.1 Å². The summed E-state index contributed by atoms with van der Waals surface area (Å²) in [6, 6.07) is 7.33. The first-order valence-corrected chi connectivity index (χ1v) is 11.3. The molecule has 5 rings (SSSR count). The number of aryl methyl sites for hydroxylation is 2.